The van der Waals surface area contributed by atoms with E-state index < -0.39 is 6.10 Å². The van der Waals surface area contributed by atoms with Gasteiger partial charge < -0.3 is 9.15 Å². The van der Waals surface area contributed by atoms with Gasteiger partial charge in [-0.25, -0.2) is 0 Å². The van der Waals surface area contributed by atoms with E-state index in [2.05, 4.69) is 0 Å². The van der Waals surface area contributed by atoms with Gasteiger partial charge in [0.2, 0.25) is 0 Å². The lowest BCUT2D eigenvalue weighted by molar-refractivity contribution is 0.0357. The van der Waals surface area contributed by atoms with Crippen molar-refractivity contribution in [1.29, 1.82) is 0 Å². The molecule has 3 nitrogen and oxygen atoms in total. The van der Waals surface area contributed by atoms with Gasteiger partial charge in [-0.2, -0.15) is 0 Å². The smallest absolute Gasteiger partial charge is 0.192 e. The van der Waals surface area contributed by atoms with Gasteiger partial charge in [0.05, 0.1) is 11.3 Å². The van der Waals surface area contributed by atoms with Crippen LogP contribution in [0, 0.1) is 0 Å². The third-order valence-corrected chi connectivity index (χ3v) is 3.17. The number of furan rings is 1. The van der Waals surface area contributed by atoms with E-state index in [0.29, 0.717) is 21.4 Å². The molecular formula is C14H12Cl2O3. The Labute approximate surface area is 121 Å². The van der Waals surface area contributed by atoms with Crippen LogP contribution in [0.2, 0.25) is 10.0 Å². The molecule has 0 saturated carbocycles. The minimum atomic E-state index is -0.608. The van der Waals surface area contributed by atoms with Crippen LogP contribution in [-0.4, -0.2) is 11.9 Å². The van der Waals surface area contributed by atoms with Crippen LogP contribution in [0.15, 0.2) is 41.0 Å². The molecule has 2 aromatic rings. The van der Waals surface area contributed by atoms with Gasteiger partial charge in [0, 0.05) is 10.6 Å². The van der Waals surface area contributed by atoms with Crippen molar-refractivity contribution in [2.24, 2.45) is 0 Å². The summed E-state index contributed by atoms with van der Waals surface area (Å²) in [6, 6.07) is 8.31. The molecule has 0 aliphatic heterocycles. The number of benzene rings is 1. The minimum absolute atomic E-state index is 0.187. The standard InChI is InChI=1S/C14H12Cl2O3/c1-9(19-8-11-3-2-6-18-11)14(17)12-5-4-10(15)7-13(12)16/h2-7,9H,8H2,1H3. The van der Waals surface area contributed by atoms with E-state index in [9.17, 15) is 4.79 Å². The van der Waals surface area contributed by atoms with E-state index in [1.165, 1.54) is 6.07 Å². The summed E-state index contributed by atoms with van der Waals surface area (Å²) in [7, 11) is 0. The third-order valence-electron chi connectivity index (χ3n) is 2.62. The molecule has 0 N–H and O–H groups in total. The lowest BCUT2D eigenvalue weighted by atomic mass is 10.1. The normalized spacial score (nSPS) is 12.4. The maximum atomic E-state index is 12.2. The van der Waals surface area contributed by atoms with Gasteiger partial charge in [0.15, 0.2) is 5.78 Å². The molecule has 1 atom stereocenters. The van der Waals surface area contributed by atoms with E-state index in [0.717, 1.165) is 0 Å². The summed E-state index contributed by atoms with van der Waals surface area (Å²) in [5.74, 6) is 0.482. The molecule has 0 spiro atoms. The molecule has 0 aliphatic carbocycles. The van der Waals surface area contributed by atoms with Crippen LogP contribution in [0.25, 0.3) is 0 Å². The van der Waals surface area contributed by atoms with Gasteiger partial charge in [0.25, 0.3) is 0 Å². The fourth-order valence-corrected chi connectivity index (χ4v) is 2.09. The first-order valence-electron chi connectivity index (χ1n) is 5.71. The second-order valence-electron chi connectivity index (χ2n) is 4.02. The van der Waals surface area contributed by atoms with Crippen LogP contribution >= 0.6 is 23.2 Å². The zero-order chi connectivity index (χ0) is 13.8. The van der Waals surface area contributed by atoms with E-state index in [1.54, 1.807) is 37.5 Å². The van der Waals surface area contributed by atoms with Gasteiger partial charge in [-0.15, -0.1) is 0 Å². The Kier molecular flexibility index (Phi) is 4.64. The second kappa shape index (κ2) is 6.24. The Morgan fingerprint density at radius 1 is 1.37 bits per heavy atom. The Balaban J connectivity index is 2.02. The quantitative estimate of drug-likeness (QED) is 0.769. The highest BCUT2D eigenvalue weighted by molar-refractivity contribution is 6.37. The average molecular weight is 299 g/mol. The number of rotatable bonds is 5. The van der Waals surface area contributed by atoms with E-state index in [1.807, 2.05) is 0 Å². The van der Waals surface area contributed by atoms with Crippen molar-refractivity contribution in [2.45, 2.75) is 19.6 Å². The molecule has 1 aromatic heterocycles. The summed E-state index contributed by atoms with van der Waals surface area (Å²) in [5, 5.41) is 0.816. The van der Waals surface area contributed by atoms with Gasteiger partial charge in [-0.05, 0) is 37.3 Å². The lowest BCUT2D eigenvalue weighted by Gasteiger charge is -2.12. The zero-order valence-corrected chi connectivity index (χ0v) is 11.7. The first kappa shape index (κ1) is 14.1. The molecule has 0 amide bonds. The van der Waals surface area contributed by atoms with Crippen molar-refractivity contribution in [3.05, 3.63) is 58.0 Å². The summed E-state index contributed by atoms with van der Waals surface area (Å²) in [6.07, 6.45) is 0.949. The van der Waals surface area contributed by atoms with Crippen molar-refractivity contribution in [3.8, 4) is 0 Å². The van der Waals surface area contributed by atoms with E-state index in [-0.39, 0.29) is 12.4 Å². The van der Waals surface area contributed by atoms with Crippen LogP contribution in [0.1, 0.15) is 23.0 Å². The molecule has 2 rings (SSSR count). The summed E-state index contributed by atoms with van der Waals surface area (Å²) < 4.78 is 10.6. The van der Waals surface area contributed by atoms with E-state index in [4.69, 9.17) is 32.4 Å². The first-order chi connectivity index (χ1) is 9.08. The lowest BCUT2D eigenvalue weighted by Crippen LogP contribution is -2.21. The number of carbonyl (C=O) groups is 1. The highest BCUT2D eigenvalue weighted by Crippen LogP contribution is 2.23. The maximum absolute atomic E-state index is 12.2. The molecule has 0 aliphatic rings. The van der Waals surface area contributed by atoms with Crippen molar-refractivity contribution >= 4 is 29.0 Å². The Hall–Kier alpha value is -1.29. The number of carbonyl (C=O) groups excluding carboxylic acids is 1. The molecule has 1 aromatic carbocycles. The zero-order valence-electron chi connectivity index (χ0n) is 10.2. The summed E-state index contributed by atoms with van der Waals surface area (Å²) in [4.78, 5) is 12.2. The molecule has 5 heteroatoms. The molecule has 19 heavy (non-hydrogen) atoms. The molecule has 0 bridgehead atoms. The van der Waals surface area contributed by atoms with Gasteiger partial charge in [-0.1, -0.05) is 23.2 Å². The van der Waals surface area contributed by atoms with E-state index >= 15 is 0 Å². The fraction of sp³-hybridized carbons (Fsp3) is 0.214. The summed E-state index contributed by atoms with van der Waals surface area (Å²) in [6.45, 7) is 1.92. The Bertz CT molecular complexity index is 564. The van der Waals surface area contributed by atoms with Gasteiger partial charge >= 0.3 is 0 Å². The summed E-state index contributed by atoms with van der Waals surface area (Å²) >= 11 is 11.8. The van der Waals surface area contributed by atoms with Crippen LogP contribution in [-0.2, 0) is 11.3 Å². The monoisotopic (exact) mass is 298 g/mol. The summed E-state index contributed by atoms with van der Waals surface area (Å²) in [5.41, 5.74) is 0.401. The Morgan fingerprint density at radius 2 is 2.16 bits per heavy atom. The van der Waals surface area contributed by atoms with Crippen LogP contribution in [0.5, 0.6) is 0 Å². The maximum Gasteiger partial charge on any atom is 0.192 e. The van der Waals surface area contributed by atoms with Crippen molar-refractivity contribution in [1.82, 2.24) is 0 Å². The van der Waals surface area contributed by atoms with Crippen LogP contribution in [0.3, 0.4) is 0 Å². The minimum Gasteiger partial charge on any atom is -0.467 e. The highest BCUT2D eigenvalue weighted by Gasteiger charge is 2.19. The SMILES string of the molecule is CC(OCc1ccco1)C(=O)c1ccc(Cl)cc1Cl. The van der Waals surface area contributed by atoms with Crippen molar-refractivity contribution in [3.63, 3.8) is 0 Å². The Morgan fingerprint density at radius 3 is 2.79 bits per heavy atom. The van der Waals surface area contributed by atoms with Gasteiger partial charge in [-0.3, -0.25) is 4.79 Å². The number of ether oxygens (including phenoxy) is 1. The first-order valence-corrected chi connectivity index (χ1v) is 6.47. The molecule has 1 heterocycles. The third kappa shape index (κ3) is 3.60. The molecular weight excluding hydrogens is 287 g/mol. The molecule has 0 radical (unpaired) electrons. The van der Waals surface area contributed by atoms with Crippen molar-refractivity contribution in [2.75, 3.05) is 0 Å². The number of Topliss-reactive ketones (excluding diaryl/α,β-unsaturated/α-hetero) is 1. The van der Waals surface area contributed by atoms with Crippen molar-refractivity contribution < 1.29 is 13.9 Å². The molecule has 1 unspecified atom stereocenters. The second-order valence-corrected chi connectivity index (χ2v) is 4.86. The van der Waals surface area contributed by atoms with Crippen LogP contribution in [0.4, 0.5) is 0 Å². The largest absolute Gasteiger partial charge is 0.467 e. The number of hydrogen-bond acceptors (Lipinski definition) is 3. The predicted molar refractivity (Wildman–Crippen MR) is 73.8 cm³/mol. The molecule has 0 saturated heterocycles. The van der Waals surface area contributed by atoms with Gasteiger partial charge in [0.1, 0.15) is 18.5 Å². The number of halogens is 2. The number of hydrogen-bond donors (Lipinski definition) is 0. The topological polar surface area (TPSA) is 39.4 Å². The number of ketones is 1. The van der Waals surface area contributed by atoms with Crippen LogP contribution < -0.4 is 0 Å². The average Bonchev–Trinajstić information content (AvgIpc) is 2.88. The predicted octanol–water partition coefficient (Wildman–Crippen LogP) is 4.37. The fourth-order valence-electron chi connectivity index (χ4n) is 1.59. The molecule has 0 fully saturated rings. The molecule has 100 valence electrons. The highest BCUT2D eigenvalue weighted by atomic mass is 35.5.